The Balaban J connectivity index is 1.63. The molecule has 2 heterocycles. The molecule has 2 fully saturated rings. The van der Waals surface area contributed by atoms with E-state index < -0.39 is 10.0 Å². The lowest BCUT2D eigenvalue weighted by Gasteiger charge is -2.32. The number of hydrogen-bond acceptors (Lipinski definition) is 3. The highest BCUT2D eigenvalue weighted by Crippen LogP contribution is 2.28. The van der Waals surface area contributed by atoms with Crippen molar-refractivity contribution in [3.63, 3.8) is 0 Å². The molecule has 3 rings (SSSR count). The van der Waals surface area contributed by atoms with Gasteiger partial charge in [0.25, 0.3) is 0 Å². The quantitative estimate of drug-likeness (QED) is 0.818. The molecule has 1 aromatic carbocycles. The minimum atomic E-state index is -3.35. The fourth-order valence-corrected chi connectivity index (χ4v) is 5.60. The second kappa shape index (κ2) is 7.54. The van der Waals surface area contributed by atoms with Crippen molar-refractivity contribution >= 4 is 10.0 Å². The van der Waals surface area contributed by atoms with Gasteiger partial charge in [0.15, 0.2) is 0 Å². The molecule has 134 valence electrons. The molecule has 0 aliphatic carbocycles. The lowest BCUT2D eigenvalue weighted by molar-refractivity contribution is 0.179. The minimum Gasteiger partial charge on any atom is -0.303 e. The van der Waals surface area contributed by atoms with Crippen LogP contribution in [0.15, 0.2) is 29.2 Å². The van der Waals surface area contributed by atoms with E-state index in [0.717, 1.165) is 37.3 Å². The molecule has 1 aromatic rings. The average molecular weight is 351 g/mol. The van der Waals surface area contributed by atoms with Crippen molar-refractivity contribution < 1.29 is 8.42 Å². The molecule has 0 spiro atoms. The maximum absolute atomic E-state index is 13.0. The van der Waals surface area contributed by atoms with Crippen molar-refractivity contribution in [3.8, 4) is 0 Å². The molecule has 2 saturated heterocycles. The van der Waals surface area contributed by atoms with Crippen molar-refractivity contribution in [2.45, 2.75) is 56.9 Å². The summed E-state index contributed by atoms with van der Waals surface area (Å²) in [6, 6.07) is 7.41. The third-order valence-electron chi connectivity index (χ3n) is 5.61. The van der Waals surface area contributed by atoms with Crippen LogP contribution >= 0.6 is 0 Å². The second-order valence-electron chi connectivity index (χ2n) is 7.54. The third-order valence-corrected chi connectivity index (χ3v) is 7.57. The molecule has 2 aliphatic rings. The van der Waals surface area contributed by atoms with Gasteiger partial charge in [-0.25, -0.2) is 8.42 Å². The predicted molar refractivity (Wildman–Crippen MR) is 97.5 cm³/mol. The van der Waals surface area contributed by atoms with E-state index in [9.17, 15) is 8.42 Å². The summed E-state index contributed by atoms with van der Waals surface area (Å²) in [5.41, 5.74) is 1.09. The topological polar surface area (TPSA) is 40.6 Å². The number of nitrogens with zero attached hydrogens (tertiary/aromatic N) is 2. The first-order chi connectivity index (χ1) is 11.5. The fraction of sp³-hybridized carbons (Fsp3) is 0.684. The monoisotopic (exact) mass is 350 g/mol. The maximum Gasteiger partial charge on any atom is 0.243 e. The Labute approximate surface area is 146 Å². The summed E-state index contributed by atoms with van der Waals surface area (Å²) in [5.74, 6) is 0.839. The minimum absolute atomic E-state index is 0.163. The Morgan fingerprint density at radius 3 is 2.38 bits per heavy atom. The van der Waals surface area contributed by atoms with Gasteiger partial charge >= 0.3 is 0 Å². The first-order valence-corrected chi connectivity index (χ1v) is 10.7. The molecule has 1 unspecified atom stereocenters. The average Bonchev–Trinajstić information content (AvgIpc) is 3.04. The number of hydrogen-bond donors (Lipinski definition) is 0. The number of aryl methyl sites for hydroxylation is 1. The van der Waals surface area contributed by atoms with E-state index in [4.69, 9.17) is 0 Å². The smallest absolute Gasteiger partial charge is 0.243 e. The van der Waals surface area contributed by atoms with Gasteiger partial charge in [-0.3, -0.25) is 0 Å². The number of likely N-dealkylation sites (tertiary alicyclic amines) is 1. The van der Waals surface area contributed by atoms with E-state index in [1.807, 2.05) is 19.1 Å². The van der Waals surface area contributed by atoms with Crippen LogP contribution in [0.3, 0.4) is 0 Å². The number of rotatable bonds is 5. The molecule has 0 saturated carbocycles. The van der Waals surface area contributed by atoms with Crippen LogP contribution in [0.4, 0.5) is 0 Å². The summed E-state index contributed by atoms with van der Waals surface area (Å²) in [7, 11) is -3.35. The summed E-state index contributed by atoms with van der Waals surface area (Å²) in [4.78, 5) is 2.95. The summed E-state index contributed by atoms with van der Waals surface area (Å²) in [6.07, 6.45) is 5.48. The van der Waals surface area contributed by atoms with E-state index in [2.05, 4.69) is 11.8 Å². The van der Waals surface area contributed by atoms with Crippen LogP contribution in [0.1, 0.15) is 44.6 Å². The van der Waals surface area contributed by atoms with Crippen LogP contribution < -0.4 is 0 Å². The highest BCUT2D eigenvalue weighted by Gasteiger charge is 2.35. The Kier molecular flexibility index (Phi) is 5.63. The molecular formula is C19H30N2O2S. The van der Waals surface area contributed by atoms with Gasteiger partial charge in [0.05, 0.1) is 4.90 Å². The van der Waals surface area contributed by atoms with Gasteiger partial charge < -0.3 is 4.90 Å². The summed E-state index contributed by atoms with van der Waals surface area (Å²) < 4.78 is 27.7. The lowest BCUT2D eigenvalue weighted by atomic mass is 9.99. The summed E-state index contributed by atoms with van der Waals surface area (Å²) in [5, 5.41) is 0. The van der Waals surface area contributed by atoms with Crippen LogP contribution in [0, 0.1) is 12.8 Å². The maximum atomic E-state index is 13.0. The van der Waals surface area contributed by atoms with Crippen LogP contribution in [-0.2, 0) is 10.0 Å². The highest BCUT2D eigenvalue weighted by molar-refractivity contribution is 7.89. The molecule has 0 bridgehead atoms. The Hall–Kier alpha value is -0.910. The Morgan fingerprint density at radius 2 is 1.71 bits per heavy atom. The van der Waals surface area contributed by atoms with Gasteiger partial charge in [-0.05, 0) is 76.7 Å². The van der Waals surface area contributed by atoms with Gasteiger partial charge in [0.2, 0.25) is 10.0 Å². The van der Waals surface area contributed by atoms with Gasteiger partial charge in [0, 0.05) is 12.6 Å². The summed E-state index contributed by atoms with van der Waals surface area (Å²) in [6.45, 7) is 8.32. The SMILES string of the molecule is Cc1ccc(S(=O)(=O)N2CCCC2CCN2CCC(C)CC2)cc1. The van der Waals surface area contributed by atoms with E-state index in [1.165, 1.54) is 25.9 Å². The van der Waals surface area contributed by atoms with Gasteiger partial charge in [0.1, 0.15) is 0 Å². The normalized spacial score (nSPS) is 24.5. The van der Waals surface area contributed by atoms with Crippen molar-refractivity contribution in [1.29, 1.82) is 0 Å². The molecule has 5 heteroatoms. The zero-order valence-electron chi connectivity index (χ0n) is 14.9. The summed E-state index contributed by atoms with van der Waals surface area (Å²) >= 11 is 0. The molecular weight excluding hydrogens is 320 g/mol. The molecule has 4 nitrogen and oxygen atoms in total. The number of piperidine rings is 1. The Bertz CT molecular complexity index is 634. The van der Waals surface area contributed by atoms with Crippen LogP contribution in [0.2, 0.25) is 0 Å². The zero-order chi connectivity index (χ0) is 17.2. The standard InChI is InChI=1S/C19H30N2O2S/c1-16-5-7-19(8-6-16)24(22,23)21-12-3-4-18(21)11-15-20-13-9-17(2)10-14-20/h5-8,17-18H,3-4,9-15H2,1-2H3. The molecule has 24 heavy (non-hydrogen) atoms. The molecule has 1 atom stereocenters. The molecule has 2 aliphatic heterocycles. The van der Waals surface area contributed by atoms with E-state index in [1.54, 1.807) is 16.4 Å². The van der Waals surface area contributed by atoms with Gasteiger partial charge in [-0.1, -0.05) is 24.6 Å². The highest BCUT2D eigenvalue weighted by atomic mass is 32.2. The number of benzene rings is 1. The molecule has 0 radical (unpaired) electrons. The van der Waals surface area contributed by atoms with Crippen LogP contribution in [0.5, 0.6) is 0 Å². The van der Waals surface area contributed by atoms with E-state index >= 15 is 0 Å². The van der Waals surface area contributed by atoms with E-state index in [0.29, 0.717) is 11.4 Å². The van der Waals surface area contributed by atoms with E-state index in [-0.39, 0.29) is 6.04 Å². The van der Waals surface area contributed by atoms with Gasteiger partial charge in [-0.15, -0.1) is 0 Å². The molecule has 0 amide bonds. The van der Waals surface area contributed by atoms with Gasteiger partial charge in [-0.2, -0.15) is 4.31 Å². The van der Waals surface area contributed by atoms with Crippen molar-refractivity contribution in [3.05, 3.63) is 29.8 Å². The largest absolute Gasteiger partial charge is 0.303 e. The van der Waals surface area contributed by atoms with Crippen molar-refractivity contribution in [1.82, 2.24) is 9.21 Å². The third kappa shape index (κ3) is 4.01. The molecule has 0 aromatic heterocycles. The zero-order valence-corrected chi connectivity index (χ0v) is 15.8. The second-order valence-corrected chi connectivity index (χ2v) is 9.43. The van der Waals surface area contributed by atoms with Crippen molar-refractivity contribution in [2.75, 3.05) is 26.2 Å². The van der Waals surface area contributed by atoms with Crippen LogP contribution in [-0.4, -0.2) is 49.8 Å². The number of sulfonamides is 1. The first-order valence-electron chi connectivity index (χ1n) is 9.27. The fourth-order valence-electron chi connectivity index (χ4n) is 3.88. The van der Waals surface area contributed by atoms with Crippen molar-refractivity contribution in [2.24, 2.45) is 5.92 Å². The first kappa shape index (κ1) is 17.9. The van der Waals surface area contributed by atoms with Crippen LogP contribution in [0.25, 0.3) is 0 Å². The Morgan fingerprint density at radius 1 is 1.04 bits per heavy atom. The molecule has 0 N–H and O–H groups in total. The predicted octanol–water partition coefficient (Wildman–Crippen LogP) is 3.27. The lowest BCUT2D eigenvalue weighted by Crippen LogP contribution is -2.40.